The molecular formula is C90H152NO8+. The number of aliphatic carboxylic acids is 1. The Balaban J connectivity index is 4.14. The van der Waals surface area contributed by atoms with Crippen LogP contribution in [0.3, 0.4) is 0 Å². The first-order valence-electron chi connectivity index (χ1n) is 40.6. The average Bonchev–Trinajstić information content (AvgIpc) is 2.62. The van der Waals surface area contributed by atoms with Gasteiger partial charge < -0.3 is 28.5 Å². The molecule has 0 saturated heterocycles. The number of carbonyl (C=O) groups is 3. The number of nitrogens with zero attached hydrogens (tertiary/aromatic N) is 1. The summed E-state index contributed by atoms with van der Waals surface area (Å²) in [5.41, 5.74) is 0. The Bertz CT molecular complexity index is 2200. The first-order chi connectivity index (χ1) is 48.6. The molecular weight excluding hydrogens is 1220 g/mol. The summed E-state index contributed by atoms with van der Waals surface area (Å²) in [5, 5.41) is 9.77. The number of carbonyl (C=O) groups excluding carboxylic acids is 2. The summed E-state index contributed by atoms with van der Waals surface area (Å²) in [4.78, 5) is 37.7. The van der Waals surface area contributed by atoms with Gasteiger partial charge in [-0.3, -0.25) is 9.59 Å². The van der Waals surface area contributed by atoms with E-state index < -0.39 is 24.3 Å². The van der Waals surface area contributed by atoms with E-state index in [1.165, 1.54) is 180 Å². The summed E-state index contributed by atoms with van der Waals surface area (Å²) in [6, 6.07) is 0. The van der Waals surface area contributed by atoms with Crippen LogP contribution in [0.15, 0.2) is 158 Å². The average molecular weight is 1380 g/mol. The minimum Gasteiger partial charge on any atom is -0.477 e. The molecule has 9 heteroatoms. The number of allylic oxidation sites excluding steroid dienone is 26. The molecule has 1 N–H and O–H groups in total. The minimum absolute atomic E-state index is 0.176. The number of carboxylic acid groups (broad SMARTS) is 1. The standard InChI is InChI=1S/C90H151NO8/c1-6-8-10-12-14-16-18-20-22-24-26-28-30-32-34-36-38-40-41-42-43-44-45-46-47-49-51-53-55-57-59-61-63-65-67-69-71-73-75-77-79-81-88(93)99-86(85-98-90(89(94)95)96-83-82-91(3,4)5)84-97-87(92)80-78-76-74-72-70-68-66-64-62-60-58-56-54-52-50-48-39-37-35-33-31-29-27-25-23-21-19-17-15-13-11-9-7-2/h8,10,14,16,20,22,25-28,32,34,38,40,42-43,45-46,49,51,55,57,61,63,67,69,86,90H,6-7,9,11-13,15,17-19,21,23-24,29-31,33,35-37,39,41,44,47-48,50,52-54,56,58-60,62,64-66,68,70-85H2,1-5H3/p+1/b10-8-,16-14-,22-20-,27-25-,28-26-,34-32-,40-38-,43-42-,46-45-,51-49-,57-55-,63-61-,69-67-. The molecule has 0 heterocycles. The lowest BCUT2D eigenvalue weighted by atomic mass is 10.0. The number of likely N-dealkylation sites (N-methyl/N-ethyl adjacent to an activating group) is 1. The molecule has 0 bridgehead atoms. The molecule has 0 aliphatic carbocycles. The quantitative estimate of drug-likeness (QED) is 0.0211. The van der Waals surface area contributed by atoms with Crippen LogP contribution in [-0.2, 0) is 33.3 Å². The van der Waals surface area contributed by atoms with Crippen LogP contribution in [0.4, 0.5) is 0 Å². The first kappa shape index (κ1) is 93.9. The molecule has 564 valence electrons. The molecule has 99 heavy (non-hydrogen) atoms. The fraction of sp³-hybridized carbons (Fsp3) is 0.678. The Labute approximate surface area is 610 Å². The highest BCUT2D eigenvalue weighted by Crippen LogP contribution is 2.18. The van der Waals surface area contributed by atoms with Gasteiger partial charge in [-0.15, -0.1) is 0 Å². The molecule has 9 nitrogen and oxygen atoms in total. The molecule has 0 aromatic heterocycles. The van der Waals surface area contributed by atoms with Gasteiger partial charge in [0.05, 0.1) is 34.4 Å². The zero-order valence-corrected chi connectivity index (χ0v) is 64.6. The number of quaternary nitrogens is 1. The number of esters is 2. The highest BCUT2D eigenvalue weighted by atomic mass is 16.7. The van der Waals surface area contributed by atoms with E-state index in [0.717, 1.165) is 122 Å². The normalized spacial score (nSPS) is 13.5. The van der Waals surface area contributed by atoms with Crippen molar-refractivity contribution < 1.29 is 42.9 Å². The fourth-order valence-corrected chi connectivity index (χ4v) is 11.1. The Kier molecular flexibility index (Phi) is 74.6. The van der Waals surface area contributed by atoms with Crippen molar-refractivity contribution in [3.63, 3.8) is 0 Å². The van der Waals surface area contributed by atoms with Gasteiger partial charge in [0.15, 0.2) is 6.10 Å². The van der Waals surface area contributed by atoms with Crippen LogP contribution < -0.4 is 0 Å². The van der Waals surface area contributed by atoms with Crippen molar-refractivity contribution in [1.29, 1.82) is 0 Å². The number of unbranched alkanes of at least 4 members (excludes halogenated alkanes) is 33. The number of hydrogen-bond donors (Lipinski definition) is 1. The van der Waals surface area contributed by atoms with Crippen LogP contribution >= 0.6 is 0 Å². The third-order valence-corrected chi connectivity index (χ3v) is 17.3. The van der Waals surface area contributed by atoms with E-state index in [0.29, 0.717) is 23.9 Å². The number of rotatable bonds is 74. The number of carboxylic acids is 1. The van der Waals surface area contributed by atoms with Gasteiger partial charge in [0, 0.05) is 12.8 Å². The van der Waals surface area contributed by atoms with Crippen LogP contribution in [0.25, 0.3) is 0 Å². The second-order valence-corrected chi connectivity index (χ2v) is 28.0. The zero-order valence-electron chi connectivity index (χ0n) is 64.6. The Morgan fingerprint density at radius 3 is 0.869 bits per heavy atom. The van der Waals surface area contributed by atoms with E-state index in [2.05, 4.69) is 172 Å². The van der Waals surface area contributed by atoms with E-state index >= 15 is 0 Å². The molecule has 0 aliphatic rings. The lowest BCUT2D eigenvalue weighted by molar-refractivity contribution is -0.870. The van der Waals surface area contributed by atoms with E-state index in [1.54, 1.807) is 0 Å². The van der Waals surface area contributed by atoms with Gasteiger partial charge in [-0.25, -0.2) is 4.79 Å². The predicted octanol–water partition coefficient (Wildman–Crippen LogP) is 26.4. The highest BCUT2D eigenvalue weighted by molar-refractivity contribution is 5.71. The van der Waals surface area contributed by atoms with Crippen LogP contribution in [0.5, 0.6) is 0 Å². The summed E-state index contributed by atoms with van der Waals surface area (Å²) in [5.74, 6) is -2.04. The minimum atomic E-state index is -1.53. The van der Waals surface area contributed by atoms with E-state index in [1.807, 2.05) is 21.1 Å². The summed E-state index contributed by atoms with van der Waals surface area (Å²) in [6.07, 6.45) is 114. The van der Waals surface area contributed by atoms with Gasteiger partial charge in [-0.05, 0) is 128 Å². The maximum absolute atomic E-state index is 13.0. The second kappa shape index (κ2) is 78.6. The molecule has 2 atom stereocenters. The molecule has 0 aromatic rings. The molecule has 0 aromatic carbocycles. The molecule has 0 fully saturated rings. The third-order valence-electron chi connectivity index (χ3n) is 17.3. The molecule has 0 radical (unpaired) electrons. The van der Waals surface area contributed by atoms with Crippen LogP contribution in [0.2, 0.25) is 0 Å². The maximum Gasteiger partial charge on any atom is 0.361 e. The molecule has 0 spiro atoms. The van der Waals surface area contributed by atoms with Crippen LogP contribution in [-0.4, -0.2) is 87.4 Å². The van der Waals surface area contributed by atoms with E-state index in [4.69, 9.17) is 18.9 Å². The Morgan fingerprint density at radius 2 is 0.576 bits per heavy atom. The number of ether oxygens (including phenoxy) is 4. The molecule has 0 aliphatic heterocycles. The van der Waals surface area contributed by atoms with Gasteiger partial charge in [-0.2, -0.15) is 0 Å². The SMILES string of the molecule is CC/C=C\C/C=C\C/C=C\C/C=C\C/C=C\C/C=C\C/C=C\C/C=C\C/C=C\C/C=C\C/C=C\C/C=C\CCCCCCC(=O)OC(COC(=O)CCCCCCCCCCCCCCCCCCCCCCC/C=C\CCCCCCCCCC)COC(OCC[N+](C)(C)C)C(=O)O. The van der Waals surface area contributed by atoms with Crippen LogP contribution in [0.1, 0.15) is 335 Å². The van der Waals surface area contributed by atoms with Crippen molar-refractivity contribution in [3.05, 3.63) is 158 Å². The zero-order chi connectivity index (χ0) is 71.8. The van der Waals surface area contributed by atoms with Gasteiger partial charge in [0.25, 0.3) is 6.29 Å². The molecule has 0 saturated carbocycles. The summed E-state index contributed by atoms with van der Waals surface area (Å²) >= 11 is 0. The van der Waals surface area contributed by atoms with Crippen LogP contribution in [0, 0.1) is 0 Å². The maximum atomic E-state index is 13.0. The first-order valence-corrected chi connectivity index (χ1v) is 40.6. The molecule has 0 rings (SSSR count). The fourth-order valence-electron chi connectivity index (χ4n) is 11.1. The van der Waals surface area contributed by atoms with Crippen molar-refractivity contribution in [2.75, 3.05) is 47.5 Å². The largest absolute Gasteiger partial charge is 0.477 e. The summed E-state index contributed by atoms with van der Waals surface area (Å²) < 4.78 is 23.0. The summed E-state index contributed by atoms with van der Waals surface area (Å²) in [7, 11) is 5.97. The van der Waals surface area contributed by atoms with Gasteiger partial charge in [0.1, 0.15) is 13.2 Å². The van der Waals surface area contributed by atoms with Crippen molar-refractivity contribution in [3.8, 4) is 0 Å². The van der Waals surface area contributed by atoms with Gasteiger partial charge in [-0.1, -0.05) is 352 Å². The van der Waals surface area contributed by atoms with Gasteiger partial charge in [0.2, 0.25) is 0 Å². The van der Waals surface area contributed by atoms with Gasteiger partial charge >= 0.3 is 17.9 Å². The molecule has 0 amide bonds. The van der Waals surface area contributed by atoms with Crippen molar-refractivity contribution in [2.45, 2.75) is 347 Å². The van der Waals surface area contributed by atoms with E-state index in [-0.39, 0.29) is 32.2 Å². The van der Waals surface area contributed by atoms with Crippen molar-refractivity contribution in [2.24, 2.45) is 0 Å². The second-order valence-electron chi connectivity index (χ2n) is 28.0. The smallest absolute Gasteiger partial charge is 0.361 e. The Hall–Kier alpha value is -5.09. The van der Waals surface area contributed by atoms with E-state index in [9.17, 15) is 19.5 Å². The number of hydrogen-bond acceptors (Lipinski definition) is 7. The van der Waals surface area contributed by atoms with Crippen molar-refractivity contribution >= 4 is 17.9 Å². The highest BCUT2D eigenvalue weighted by Gasteiger charge is 2.25. The lowest BCUT2D eigenvalue weighted by Gasteiger charge is -2.25. The lowest BCUT2D eigenvalue weighted by Crippen LogP contribution is -2.40. The monoisotopic (exact) mass is 1380 g/mol. The Morgan fingerprint density at radius 1 is 0.313 bits per heavy atom. The molecule has 2 unspecified atom stereocenters. The topological polar surface area (TPSA) is 108 Å². The van der Waals surface area contributed by atoms with Crippen molar-refractivity contribution in [1.82, 2.24) is 0 Å². The third kappa shape index (κ3) is 80.1. The predicted molar refractivity (Wildman–Crippen MR) is 428 cm³/mol. The summed E-state index contributed by atoms with van der Waals surface area (Å²) in [6.45, 7) is 4.75.